The summed E-state index contributed by atoms with van der Waals surface area (Å²) in [6.45, 7) is -0.139. The predicted molar refractivity (Wildman–Crippen MR) is 97.9 cm³/mol. The molecule has 1 aliphatic rings. The highest BCUT2D eigenvalue weighted by molar-refractivity contribution is 9.10. The van der Waals surface area contributed by atoms with E-state index in [1.807, 2.05) is 6.07 Å². The summed E-state index contributed by atoms with van der Waals surface area (Å²) in [7, 11) is 4.47. The van der Waals surface area contributed by atoms with Crippen molar-refractivity contribution in [1.29, 1.82) is 5.26 Å². The van der Waals surface area contributed by atoms with Gasteiger partial charge >= 0.3 is 0 Å². The van der Waals surface area contributed by atoms with E-state index >= 15 is 0 Å². The average molecular weight is 424 g/mol. The minimum atomic E-state index is -0.479. The van der Waals surface area contributed by atoms with Crippen LogP contribution in [0.4, 0.5) is 0 Å². The van der Waals surface area contributed by atoms with E-state index in [9.17, 15) is 9.59 Å². The van der Waals surface area contributed by atoms with Gasteiger partial charge < -0.3 is 9.47 Å². The highest BCUT2D eigenvalue weighted by atomic mass is 79.9. The van der Waals surface area contributed by atoms with Crippen molar-refractivity contribution < 1.29 is 19.1 Å². The molecule has 0 atom stereocenters. The van der Waals surface area contributed by atoms with Gasteiger partial charge in [-0.25, -0.2) is 0 Å². The number of amides is 2. The van der Waals surface area contributed by atoms with Crippen molar-refractivity contribution in [2.45, 2.75) is 0 Å². The van der Waals surface area contributed by atoms with Gasteiger partial charge in [0.15, 0.2) is 23.2 Å². The zero-order valence-electron chi connectivity index (χ0n) is 13.7. The SMILES string of the molecule is COc1cc(C=C2C(=O)N(C)C(=S)N(C)C2=O)cc(Br)c1OCC#N. The number of ether oxygens (including phenoxy) is 2. The lowest BCUT2D eigenvalue weighted by Crippen LogP contribution is -2.52. The lowest BCUT2D eigenvalue weighted by Gasteiger charge is -2.31. The van der Waals surface area contributed by atoms with Crippen LogP contribution < -0.4 is 9.47 Å². The van der Waals surface area contributed by atoms with Crippen LogP contribution in [0.3, 0.4) is 0 Å². The van der Waals surface area contributed by atoms with Gasteiger partial charge in [-0.15, -0.1) is 0 Å². The maximum Gasteiger partial charge on any atom is 0.265 e. The molecule has 0 aromatic heterocycles. The summed E-state index contributed by atoms with van der Waals surface area (Å²) in [6, 6.07) is 5.15. The summed E-state index contributed by atoms with van der Waals surface area (Å²) < 4.78 is 11.1. The van der Waals surface area contributed by atoms with Crippen molar-refractivity contribution >= 4 is 51.2 Å². The number of thiocarbonyl (C=S) groups is 1. The van der Waals surface area contributed by atoms with E-state index in [2.05, 4.69) is 15.9 Å². The number of nitriles is 1. The number of rotatable bonds is 4. The molecule has 25 heavy (non-hydrogen) atoms. The normalized spacial score (nSPS) is 14.5. The van der Waals surface area contributed by atoms with E-state index in [1.165, 1.54) is 37.1 Å². The van der Waals surface area contributed by atoms with Crippen molar-refractivity contribution in [2.75, 3.05) is 27.8 Å². The summed E-state index contributed by atoms with van der Waals surface area (Å²) in [5, 5.41) is 8.79. The second-order valence-electron chi connectivity index (χ2n) is 5.05. The number of halogens is 1. The standard InChI is InChI=1S/C16H14BrN3O4S/c1-19-14(21)10(15(22)20(2)16(19)25)6-9-7-11(17)13(24-5-4-18)12(8-9)23-3/h6-8H,5H2,1-3H3. The first-order chi connectivity index (χ1) is 11.8. The van der Waals surface area contributed by atoms with Gasteiger partial charge in [0.1, 0.15) is 11.6 Å². The molecule has 0 radical (unpaired) electrons. The molecular formula is C16H14BrN3O4S. The van der Waals surface area contributed by atoms with Gasteiger partial charge in [0, 0.05) is 14.1 Å². The van der Waals surface area contributed by atoms with E-state index in [4.69, 9.17) is 27.0 Å². The fourth-order valence-corrected chi connectivity index (χ4v) is 2.95. The van der Waals surface area contributed by atoms with Crippen LogP contribution >= 0.6 is 28.1 Å². The molecule has 1 aromatic rings. The first-order valence-corrected chi connectivity index (χ1v) is 8.21. The largest absolute Gasteiger partial charge is 0.493 e. The van der Waals surface area contributed by atoms with Crippen molar-refractivity contribution in [3.8, 4) is 17.6 Å². The topological polar surface area (TPSA) is 82.9 Å². The molecule has 1 saturated heterocycles. The second kappa shape index (κ2) is 7.63. The average Bonchev–Trinajstić information content (AvgIpc) is 2.60. The smallest absolute Gasteiger partial charge is 0.265 e. The molecule has 1 aromatic carbocycles. The Balaban J connectivity index is 2.48. The molecule has 130 valence electrons. The summed E-state index contributed by atoms with van der Waals surface area (Å²) in [5.41, 5.74) is 0.539. The summed E-state index contributed by atoms with van der Waals surface area (Å²) >= 11 is 8.40. The Bertz CT molecular complexity index is 805. The Morgan fingerprint density at radius 1 is 1.28 bits per heavy atom. The quantitative estimate of drug-likeness (QED) is 0.418. The molecule has 0 spiro atoms. The lowest BCUT2D eigenvalue weighted by molar-refractivity contribution is -0.132. The van der Waals surface area contributed by atoms with Crippen LogP contribution in [0, 0.1) is 11.3 Å². The van der Waals surface area contributed by atoms with Crippen LogP contribution in [-0.2, 0) is 9.59 Å². The Kier molecular flexibility index (Phi) is 5.77. The summed E-state index contributed by atoms with van der Waals surface area (Å²) in [4.78, 5) is 27.2. The molecule has 7 nitrogen and oxygen atoms in total. The third-order valence-electron chi connectivity index (χ3n) is 3.49. The summed E-state index contributed by atoms with van der Waals surface area (Å²) in [6.07, 6.45) is 1.46. The zero-order chi connectivity index (χ0) is 18.7. The van der Waals surface area contributed by atoms with Crippen molar-refractivity contribution in [2.24, 2.45) is 0 Å². The fourth-order valence-electron chi connectivity index (χ4n) is 2.21. The van der Waals surface area contributed by atoms with Gasteiger partial charge in [-0.1, -0.05) is 0 Å². The number of carbonyl (C=O) groups is 2. The third kappa shape index (κ3) is 3.65. The molecule has 9 heteroatoms. The number of nitrogens with zero attached hydrogens (tertiary/aromatic N) is 3. The van der Waals surface area contributed by atoms with Gasteiger partial charge in [-0.3, -0.25) is 19.4 Å². The van der Waals surface area contributed by atoms with Crippen LogP contribution in [0.1, 0.15) is 5.56 Å². The van der Waals surface area contributed by atoms with E-state index in [-0.39, 0.29) is 17.3 Å². The van der Waals surface area contributed by atoms with E-state index in [1.54, 1.807) is 12.1 Å². The predicted octanol–water partition coefficient (Wildman–Crippen LogP) is 1.96. The van der Waals surface area contributed by atoms with Crippen LogP contribution in [-0.4, -0.2) is 54.5 Å². The Labute approximate surface area is 158 Å². The van der Waals surface area contributed by atoms with Gasteiger partial charge in [0.25, 0.3) is 11.8 Å². The van der Waals surface area contributed by atoms with E-state index < -0.39 is 11.8 Å². The zero-order valence-corrected chi connectivity index (χ0v) is 16.1. The number of methoxy groups -OCH3 is 1. The minimum absolute atomic E-state index is 0.0155. The molecular weight excluding hydrogens is 410 g/mol. The van der Waals surface area contributed by atoms with Crippen LogP contribution in [0.5, 0.6) is 11.5 Å². The van der Waals surface area contributed by atoms with Crippen LogP contribution in [0.15, 0.2) is 22.2 Å². The highest BCUT2D eigenvalue weighted by Gasteiger charge is 2.35. The molecule has 1 heterocycles. The van der Waals surface area contributed by atoms with E-state index in [0.717, 1.165) is 0 Å². The first kappa shape index (κ1) is 18.9. The highest BCUT2D eigenvalue weighted by Crippen LogP contribution is 2.37. The summed E-state index contributed by atoms with van der Waals surface area (Å²) in [5.74, 6) is -0.228. The van der Waals surface area contributed by atoms with Gasteiger partial charge in [-0.05, 0) is 51.9 Å². The van der Waals surface area contributed by atoms with Crippen molar-refractivity contribution in [3.05, 3.63) is 27.7 Å². The Hall–Kier alpha value is -2.44. The number of hydrogen-bond acceptors (Lipinski definition) is 6. The number of benzene rings is 1. The maximum absolute atomic E-state index is 12.4. The van der Waals surface area contributed by atoms with Crippen LogP contribution in [0.25, 0.3) is 6.08 Å². The maximum atomic E-state index is 12.4. The molecule has 0 unspecified atom stereocenters. The van der Waals surface area contributed by atoms with Crippen LogP contribution in [0.2, 0.25) is 0 Å². The first-order valence-electron chi connectivity index (χ1n) is 7.00. The molecule has 2 amide bonds. The lowest BCUT2D eigenvalue weighted by atomic mass is 10.1. The molecule has 0 N–H and O–H groups in total. The van der Waals surface area contributed by atoms with Gasteiger partial charge in [0.05, 0.1) is 11.6 Å². The van der Waals surface area contributed by atoms with Gasteiger partial charge in [0.2, 0.25) is 0 Å². The van der Waals surface area contributed by atoms with Crippen molar-refractivity contribution in [1.82, 2.24) is 9.80 Å². The monoisotopic (exact) mass is 423 g/mol. The molecule has 1 aliphatic heterocycles. The Morgan fingerprint density at radius 2 is 1.88 bits per heavy atom. The molecule has 0 bridgehead atoms. The fraction of sp³-hybridized carbons (Fsp3) is 0.250. The van der Waals surface area contributed by atoms with Gasteiger partial charge in [-0.2, -0.15) is 5.26 Å². The molecule has 2 rings (SSSR count). The third-order valence-corrected chi connectivity index (χ3v) is 4.62. The second-order valence-corrected chi connectivity index (χ2v) is 6.27. The minimum Gasteiger partial charge on any atom is -0.493 e. The number of likely N-dealkylation sites (N-methyl/N-ethyl adjacent to an activating group) is 2. The molecule has 0 aliphatic carbocycles. The molecule has 1 fully saturated rings. The van der Waals surface area contributed by atoms with E-state index in [0.29, 0.717) is 21.5 Å². The van der Waals surface area contributed by atoms with Crippen molar-refractivity contribution in [3.63, 3.8) is 0 Å². The number of carbonyl (C=O) groups excluding carboxylic acids is 2. The molecule has 0 saturated carbocycles. The Morgan fingerprint density at radius 3 is 2.40 bits per heavy atom. The number of hydrogen-bond donors (Lipinski definition) is 0.